The Bertz CT molecular complexity index is 1160. The van der Waals surface area contributed by atoms with Crippen molar-refractivity contribution >= 4 is 69.3 Å². The highest BCUT2D eigenvalue weighted by molar-refractivity contribution is 14.1. The van der Waals surface area contributed by atoms with Gasteiger partial charge in [-0.3, -0.25) is 10.0 Å². The molecule has 32 heavy (non-hydrogen) atoms. The minimum absolute atomic E-state index is 0. The zero-order valence-corrected chi connectivity index (χ0v) is 18.6. The topological polar surface area (TPSA) is 116 Å². The first-order valence-corrected chi connectivity index (χ1v) is 9.04. The molecule has 0 saturated heterocycles. The Balaban J connectivity index is 0.000000558. The molecule has 8 nitrogen and oxygen atoms in total. The summed E-state index contributed by atoms with van der Waals surface area (Å²) in [7, 11) is 1.64. The van der Waals surface area contributed by atoms with Crippen LogP contribution in [0.2, 0.25) is 0 Å². The highest BCUT2D eigenvalue weighted by atomic mass is 127. The van der Waals surface area contributed by atoms with E-state index < -0.39 is 29.7 Å². The lowest BCUT2D eigenvalue weighted by atomic mass is 10.1. The number of anilines is 2. The zero-order chi connectivity index (χ0) is 23.5. The summed E-state index contributed by atoms with van der Waals surface area (Å²) in [6.07, 6.45) is -3.69. The summed E-state index contributed by atoms with van der Waals surface area (Å²) in [6, 6.07) is 5.70. The number of carbonyl (C=O) groups excluding carboxylic acids is 1. The van der Waals surface area contributed by atoms with E-state index >= 15 is 0 Å². The van der Waals surface area contributed by atoms with Crippen molar-refractivity contribution < 1.29 is 41.9 Å². The fourth-order valence-corrected chi connectivity index (χ4v) is 2.76. The molecule has 0 bridgehead atoms. The Labute approximate surface area is 195 Å². The van der Waals surface area contributed by atoms with Crippen LogP contribution in [0.15, 0.2) is 30.6 Å². The monoisotopic (exact) mass is 594 g/mol. The summed E-state index contributed by atoms with van der Waals surface area (Å²) in [6.45, 7) is 0. The SMILES string of the molecule is Cl.Cn1cnc2c(F)c(Nc3ccc(I)cc3F)c(C(=O)NO)cc21.O=C(O)C(F)(F)F. The largest absolute Gasteiger partial charge is 0.490 e. The average Bonchev–Trinajstić information content (AvgIpc) is 3.05. The van der Waals surface area contributed by atoms with Gasteiger partial charge < -0.3 is 15.0 Å². The van der Waals surface area contributed by atoms with Crippen molar-refractivity contribution in [2.75, 3.05) is 5.32 Å². The van der Waals surface area contributed by atoms with Crippen molar-refractivity contribution in [3.05, 3.63) is 51.4 Å². The van der Waals surface area contributed by atoms with Crippen LogP contribution in [-0.4, -0.2) is 37.9 Å². The number of benzene rings is 2. The summed E-state index contributed by atoms with van der Waals surface area (Å²) in [5.41, 5.74) is 1.40. The quantitative estimate of drug-likeness (QED) is 0.155. The number of hydrogen-bond acceptors (Lipinski definition) is 5. The van der Waals surface area contributed by atoms with Crippen LogP contribution in [0.1, 0.15) is 10.4 Å². The number of aliphatic carboxylic acids is 1. The number of carboxylic acids is 1. The minimum Gasteiger partial charge on any atom is -0.475 e. The molecule has 4 N–H and O–H groups in total. The second-order valence-corrected chi connectivity index (χ2v) is 7.07. The molecule has 0 fully saturated rings. The van der Waals surface area contributed by atoms with Gasteiger partial charge in [-0.05, 0) is 46.9 Å². The van der Waals surface area contributed by atoms with E-state index in [1.54, 1.807) is 13.1 Å². The summed E-state index contributed by atoms with van der Waals surface area (Å²) < 4.78 is 62.8. The number of halogens is 7. The third-order valence-corrected chi connectivity index (χ3v) is 4.41. The number of nitrogens with one attached hydrogen (secondary N) is 2. The van der Waals surface area contributed by atoms with Gasteiger partial charge in [0.05, 0.1) is 28.8 Å². The number of fused-ring (bicyclic) bond motifs is 1. The van der Waals surface area contributed by atoms with Crippen LogP contribution in [0.4, 0.5) is 33.3 Å². The Kier molecular flexibility index (Phi) is 9.16. The maximum atomic E-state index is 14.8. The molecule has 0 aliphatic heterocycles. The number of imidazole rings is 1. The number of carboxylic acid groups (broad SMARTS) is 1. The summed E-state index contributed by atoms with van der Waals surface area (Å²) >= 11 is 1.95. The van der Waals surface area contributed by atoms with E-state index in [9.17, 15) is 26.7 Å². The van der Waals surface area contributed by atoms with Gasteiger partial charge >= 0.3 is 12.1 Å². The molecule has 3 rings (SSSR count). The van der Waals surface area contributed by atoms with Gasteiger partial charge in [0.1, 0.15) is 11.3 Å². The number of nitrogens with zero attached hydrogens (tertiary/aromatic N) is 2. The van der Waals surface area contributed by atoms with Crippen LogP contribution in [-0.2, 0) is 11.8 Å². The van der Waals surface area contributed by atoms with Gasteiger partial charge in [0.2, 0.25) is 0 Å². The van der Waals surface area contributed by atoms with E-state index in [4.69, 9.17) is 15.1 Å². The smallest absolute Gasteiger partial charge is 0.475 e. The molecule has 1 aromatic heterocycles. The molecule has 2 aromatic carbocycles. The van der Waals surface area contributed by atoms with Crippen molar-refractivity contribution in [1.82, 2.24) is 15.0 Å². The van der Waals surface area contributed by atoms with Crippen LogP contribution in [0, 0.1) is 15.2 Å². The zero-order valence-electron chi connectivity index (χ0n) is 15.7. The molecule has 15 heteroatoms. The highest BCUT2D eigenvalue weighted by Gasteiger charge is 2.38. The number of rotatable bonds is 3. The first kappa shape index (κ1) is 27.3. The molecule has 0 atom stereocenters. The molecule has 0 aliphatic rings. The Morgan fingerprint density at radius 3 is 2.28 bits per heavy atom. The van der Waals surface area contributed by atoms with E-state index in [1.165, 1.54) is 34.6 Å². The van der Waals surface area contributed by atoms with Gasteiger partial charge in [0.25, 0.3) is 5.91 Å². The number of alkyl halides is 3. The van der Waals surface area contributed by atoms with Gasteiger partial charge in [-0.1, -0.05) is 0 Å². The third kappa shape index (κ3) is 6.17. The van der Waals surface area contributed by atoms with Crippen molar-refractivity contribution in [2.45, 2.75) is 6.18 Å². The molecule has 3 aromatic rings. The fourth-order valence-electron chi connectivity index (χ4n) is 2.31. The number of aromatic nitrogens is 2. The van der Waals surface area contributed by atoms with Crippen molar-refractivity contribution in [3.63, 3.8) is 0 Å². The van der Waals surface area contributed by atoms with Crippen molar-refractivity contribution in [2.24, 2.45) is 7.05 Å². The molecule has 174 valence electrons. The average molecular weight is 595 g/mol. The van der Waals surface area contributed by atoms with E-state index in [2.05, 4.69) is 10.3 Å². The first-order valence-electron chi connectivity index (χ1n) is 7.97. The second kappa shape index (κ2) is 10.7. The van der Waals surface area contributed by atoms with Crippen LogP contribution in [0.25, 0.3) is 11.0 Å². The van der Waals surface area contributed by atoms with Crippen molar-refractivity contribution in [3.8, 4) is 0 Å². The van der Waals surface area contributed by atoms with Gasteiger partial charge in [-0.15, -0.1) is 12.4 Å². The second-order valence-electron chi connectivity index (χ2n) is 5.83. The summed E-state index contributed by atoms with van der Waals surface area (Å²) in [5.74, 6) is -5.10. The molecule has 0 unspecified atom stereocenters. The number of amides is 1. The van der Waals surface area contributed by atoms with Gasteiger partial charge in [-0.25, -0.2) is 24.0 Å². The van der Waals surface area contributed by atoms with Crippen LogP contribution in [0.5, 0.6) is 0 Å². The first-order chi connectivity index (χ1) is 14.4. The highest BCUT2D eigenvalue weighted by Crippen LogP contribution is 2.31. The third-order valence-electron chi connectivity index (χ3n) is 3.74. The molecular weight excluding hydrogens is 582 g/mol. The molecular formula is C17H13ClF5IN4O4. The number of carbonyl (C=O) groups is 2. The van der Waals surface area contributed by atoms with Gasteiger partial charge in [0.15, 0.2) is 5.82 Å². The van der Waals surface area contributed by atoms with Gasteiger partial charge in [0, 0.05) is 10.6 Å². The van der Waals surface area contributed by atoms with Gasteiger partial charge in [-0.2, -0.15) is 13.2 Å². The minimum atomic E-state index is -5.08. The van der Waals surface area contributed by atoms with Crippen molar-refractivity contribution in [1.29, 1.82) is 0 Å². The van der Waals surface area contributed by atoms with E-state index in [1.807, 2.05) is 22.6 Å². The van der Waals surface area contributed by atoms with Crippen LogP contribution < -0.4 is 10.8 Å². The number of aryl methyl sites for hydroxylation is 1. The maximum Gasteiger partial charge on any atom is 0.490 e. The van der Waals surface area contributed by atoms with Crippen LogP contribution >= 0.6 is 35.0 Å². The molecule has 1 heterocycles. The number of hydroxylamine groups is 1. The maximum absolute atomic E-state index is 14.8. The Morgan fingerprint density at radius 1 is 1.19 bits per heavy atom. The molecule has 0 saturated carbocycles. The normalized spacial score (nSPS) is 10.6. The lowest BCUT2D eigenvalue weighted by Crippen LogP contribution is -2.21. The predicted octanol–water partition coefficient (Wildman–Crippen LogP) is 4.37. The molecule has 0 aliphatic carbocycles. The Morgan fingerprint density at radius 2 is 1.78 bits per heavy atom. The predicted molar refractivity (Wildman–Crippen MR) is 113 cm³/mol. The standard InChI is InChI=1S/C15H11F2IN4O2.C2HF3O2.ClH/c1-22-6-19-14-11(22)5-8(15(23)21-24)13(12(14)17)20-10-3-2-7(18)4-9(10)16;3-2(4,5)1(6)7;/h2-6,20,24H,1H3,(H,21,23);(H,6,7);1H. The Hall–Kier alpha value is -2.72. The molecule has 0 radical (unpaired) electrons. The number of hydrogen-bond donors (Lipinski definition) is 4. The lowest BCUT2D eigenvalue weighted by molar-refractivity contribution is -0.192. The van der Waals surface area contributed by atoms with Crippen LogP contribution in [0.3, 0.4) is 0 Å². The molecule has 0 spiro atoms. The van der Waals surface area contributed by atoms with E-state index in [0.29, 0.717) is 9.09 Å². The summed E-state index contributed by atoms with van der Waals surface area (Å²) in [4.78, 5) is 24.7. The fraction of sp³-hybridized carbons (Fsp3) is 0.118. The lowest BCUT2D eigenvalue weighted by Gasteiger charge is -2.14. The van der Waals surface area contributed by atoms with E-state index in [-0.39, 0.29) is 34.9 Å². The molecule has 1 amide bonds. The summed E-state index contributed by atoms with van der Waals surface area (Å²) in [5, 5.41) is 18.6. The van der Waals surface area contributed by atoms with E-state index in [0.717, 1.165) is 0 Å².